The van der Waals surface area contributed by atoms with Crippen molar-refractivity contribution >= 4 is 5.97 Å². The molecule has 4 heteroatoms. The van der Waals surface area contributed by atoms with E-state index >= 15 is 0 Å². The van der Waals surface area contributed by atoms with Crippen molar-refractivity contribution < 1.29 is 9.90 Å². The summed E-state index contributed by atoms with van der Waals surface area (Å²) in [6.45, 7) is 4.06. The highest BCUT2D eigenvalue weighted by Gasteiger charge is 2.13. The summed E-state index contributed by atoms with van der Waals surface area (Å²) < 4.78 is 1.63. The molecule has 1 aromatic rings. The van der Waals surface area contributed by atoms with Crippen molar-refractivity contribution in [1.29, 1.82) is 0 Å². The number of aliphatic carboxylic acids is 1. The molecule has 0 amide bonds. The summed E-state index contributed by atoms with van der Waals surface area (Å²) in [6, 6.07) is 0. The van der Waals surface area contributed by atoms with Crippen LogP contribution in [0.5, 0.6) is 0 Å². The number of carboxylic acid groups (broad SMARTS) is 1. The van der Waals surface area contributed by atoms with Crippen molar-refractivity contribution in [2.24, 2.45) is 7.05 Å². The maximum atomic E-state index is 10.6. The van der Waals surface area contributed by atoms with Crippen LogP contribution in [-0.2, 0) is 18.3 Å². The number of aryl methyl sites for hydroxylation is 1. The molecule has 0 unspecified atom stereocenters. The Hall–Kier alpha value is -1.32. The number of hydrogen-bond acceptors (Lipinski definition) is 2. The minimum atomic E-state index is -0.814. The highest BCUT2D eigenvalue weighted by molar-refractivity contribution is 5.70. The molecule has 0 aliphatic rings. The average Bonchev–Trinajstić information content (AvgIpc) is 2.32. The molecular weight excluding hydrogens is 168 g/mol. The smallest absolute Gasteiger partial charge is 0.309 e. The van der Waals surface area contributed by atoms with E-state index in [2.05, 4.69) is 5.10 Å². The zero-order valence-corrected chi connectivity index (χ0v) is 8.11. The second-order valence-electron chi connectivity index (χ2n) is 3.40. The van der Waals surface area contributed by atoms with Crippen LogP contribution in [0.25, 0.3) is 0 Å². The zero-order chi connectivity index (χ0) is 10.0. The standard InChI is InChI=1S/C9H14N2O2/c1-6(2)7-5-10-11(3)8(7)4-9(12)13/h5-6H,4H2,1-3H3,(H,12,13). The first-order valence-corrected chi connectivity index (χ1v) is 4.25. The van der Waals surface area contributed by atoms with Gasteiger partial charge in [-0.05, 0) is 11.5 Å². The van der Waals surface area contributed by atoms with Crippen LogP contribution in [0.2, 0.25) is 0 Å². The Balaban J connectivity index is 3.01. The predicted molar refractivity (Wildman–Crippen MR) is 48.6 cm³/mol. The number of nitrogens with zero attached hydrogens (tertiary/aromatic N) is 2. The molecule has 13 heavy (non-hydrogen) atoms. The molecule has 0 spiro atoms. The number of carboxylic acids is 1. The van der Waals surface area contributed by atoms with E-state index in [1.54, 1.807) is 17.9 Å². The number of aromatic nitrogens is 2. The number of hydrogen-bond donors (Lipinski definition) is 1. The SMILES string of the molecule is CC(C)c1cnn(C)c1CC(=O)O. The molecule has 0 aliphatic heterocycles. The largest absolute Gasteiger partial charge is 0.481 e. The Morgan fingerprint density at radius 2 is 2.31 bits per heavy atom. The molecule has 0 radical (unpaired) electrons. The lowest BCUT2D eigenvalue weighted by Gasteiger charge is -2.05. The Morgan fingerprint density at radius 3 is 2.77 bits per heavy atom. The fourth-order valence-electron chi connectivity index (χ4n) is 1.32. The number of carbonyl (C=O) groups is 1. The monoisotopic (exact) mass is 182 g/mol. The van der Waals surface area contributed by atoms with Crippen molar-refractivity contribution in [2.75, 3.05) is 0 Å². The van der Waals surface area contributed by atoms with E-state index in [0.717, 1.165) is 11.3 Å². The Labute approximate surface area is 77.2 Å². The van der Waals surface area contributed by atoms with Gasteiger partial charge in [0, 0.05) is 7.05 Å². The molecule has 0 fully saturated rings. The topological polar surface area (TPSA) is 55.1 Å². The van der Waals surface area contributed by atoms with Crippen LogP contribution >= 0.6 is 0 Å². The van der Waals surface area contributed by atoms with E-state index in [1.165, 1.54) is 0 Å². The molecule has 0 bridgehead atoms. The van der Waals surface area contributed by atoms with Crippen molar-refractivity contribution in [3.05, 3.63) is 17.5 Å². The van der Waals surface area contributed by atoms with Crippen LogP contribution < -0.4 is 0 Å². The van der Waals surface area contributed by atoms with Crippen LogP contribution in [0.3, 0.4) is 0 Å². The summed E-state index contributed by atoms with van der Waals surface area (Å²) in [5.41, 5.74) is 1.81. The molecule has 0 atom stereocenters. The van der Waals surface area contributed by atoms with Crippen LogP contribution in [0.4, 0.5) is 0 Å². The van der Waals surface area contributed by atoms with Crippen LogP contribution in [-0.4, -0.2) is 20.9 Å². The Morgan fingerprint density at radius 1 is 1.69 bits per heavy atom. The van der Waals surface area contributed by atoms with E-state index in [9.17, 15) is 4.79 Å². The van der Waals surface area contributed by atoms with Gasteiger partial charge in [-0.2, -0.15) is 5.10 Å². The third kappa shape index (κ3) is 2.08. The Bertz CT molecular complexity index is 315. The van der Waals surface area contributed by atoms with Gasteiger partial charge in [0.05, 0.1) is 18.3 Å². The van der Waals surface area contributed by atoms with Crippen LogP contribution in [0.1, 0.15) is 31.0 Å². The predicted octanol–water partition coefficient (Wildman–Crippen LogP) is 1.17. The third-order valence-corrected chi connectivity index (χ3v) is 2.03. The van der Waals surface area contributed by atoms with E-state index in [-0.39, 0.29) is 6.42 Å². The summed E-state index contributed by atoms with van der Waals surface area (Å²) >= 11 is 0. The maximum Gasteiger partial charge on any atom is 0.309 e. The molecule has 1 aromatic heterocycles. The second-order valence-corrected chi connectivity index (χ2v) is 3.40. The highest BCUT2D eigenvalue weighted by Crippen LogP contribution is 2.18. The lowest BCUT2D eigenvalue weighted by molar-refractivity contribution is -0.136. The van der Waals surface area contributed by atoms with Crippen molar-refractivity contribution in [3.8, 4) is 0 Å². The molecule has 1 rings (SSSR count). The summed E-state index contributed by atoms with van der Waals surface area (Å²) in [5, 5.41) is 12.7. The summed E-state index contributed by atoms with van der Waals surface area (Å²) in [4.78, 5) is 10.6. The summed E-state index contributed by atoms with van der Waals surface area (Å²) in [5.74, 6) is -0.492. The quantitative estimate of drug-likeness (QED) is 0.763. The zero-order valence-electron chi connectivity index (χ0n) is 8.11. The van der Waals surface area contributed by atoms with Crippen molar-refractivity contribution in [2.45, 2.75) is 26.2 Å². The van der Waals surface area contributed by atoms with Crippen molar-refractivity contribution in [3.63, 3.8) is 0 Å². The van der Waals surface area contributed by atoms with Gasteiger partial charge < -0.3 is 5.11 Å². The molecule has 0 saturated heterocycles. The molecule has 0 aromatic carbocycles. The number of rotatable bonds is 3. The van der Waals surface area contributed by atoms with Crippen molar-refractivity contribution in [1.82, 2.24) is 9.78 Å². The summed E-state index contributed by atoms with van der Waals surface area (Å²) in [7, 11) is 1.77. The lowest BCUT2D eigenvalue weighted by atomic mass is 10.0. The van der Waals surface area contributed by atoms with E-state index in [4.69, 9.17) is 5.11 Å². The molecule has 0 saturated carbocycles. The van der Waals surface area contributed by atoms with Gasteiger partial charge in [-0.25, -0.2) is 0 Å². The summed E-state index contributed by atoms with van der Waals surface area (Å²) in [6.07, 6.45) is 1.78. The van der Waals surface area contributed by atoms with E-state index < -0.39 is 5.97 Å². The van der Waals surface area contributed by atoms with Crippen LogP contribution in [0.15, 0.2) is 6.20 Å². The minimum absolute atomic E-state index is 0.0456. The minimum Gasteiger partial charge on any atom is -0.481 e. The second kappa shape index (κ2) is 3.60. The van der Waals surface area contributed by atoms with Gasteiger partial charge >= 0.3 is 5.97 Å². The van der Waals surface area contributed by atoms with Crippen LogP contribution in [0, 0.1) is 0 Å². The van der Waals surface area contributed by atoms with Gasteiger partial charge in [0.25, 0.3) is 0 Å². The normalized spacial score (nSPS) is 10.8. The molecule has 72 valence electrons. The van der Waals surface area contributed by atoms with Gasteiger partial charge in [-0.3, -0.25) is 9.48 Å². The molecule has 1 heterocycles. The van der Waals surface area contributed by atoms with Gasteiger partial charge in [-0.15, -0.1) is 0 Å². The molecular formula is C9H14N2O2. The van der Waals surface area contributed by atoms with Gasteiger partial charge in [0.2, 0.25) is 0 Å². The molecule has 0 aliphatic carbocycles. The first-order chi connectivity index (χ1) is 6.02. The maximum absolute atomic E-state index is 10.6. The van der Waals surface area contributed by atoms with E-state index in [0.29, 0.717) is 5.92 Å². The highest BCUT2D eigenvalue weighted by atomic mass is 16.4. The van der Waals surface area contributed by atoms with Gasteiger partial charge in [0.1, 0.15) is 0 Å². The lowest BCUT2D eigenvalue weighted by Crippen LogP contribution is -2.08. The van der Waals surface area contributed by atoms with Gasteiger partial charge in [-0.1, -0.05) is 13.8 Å². The molecule has 4 nitrogen and oxygen atoms in total. The fourth-order valence-corrected chi connectivity index (χ4v) is 1.32. The third-order valence-electron chi connectivity index (χ3n) is 2.03. The molecule has 1 N–H and O–H groups in total. The Kier molecular flexibility index (Phi) is 2.70. The fraction of sp³-hybridized carbons (Fsp3) is 0.556. The first-order valence-electron chi connectivity index (χ1n) is 4.25. The van der Waals surface area contributed by atoms with E-state index in [1.807, 2.05) is 13.8 Å². The average molecular weight is 182 g/mol. The first kappa shape index (κ1) is 9.77. The van der Waals surface area contributed by atoms with Gasteiger partial charge in [0.15, 0.2) is 0 Å².